The molecule has 0 aliphatic rings. The van der Waals surface area contributed by atoms with Crippen LogP contribution in [0.2, 0.25) is 0 Å². The lowest BCUT2D eigenvalue weighted by Gasteiger charge is -2.10. The second-order valence-corrected chi connectivity index (χ2v) is 12.5. The summed E-state index contributed by atoms with van der Waals surface area (Å²) >= 11 is 0. The molecular weight excluding hydrogens is 613 g/mol. The summed E-state index contributed by atoms with van der Waals surface area (Å²) in [5, 5.41) is 14.9. The topological polar surface area (TPSA) is 67.6 Å². The van der Waals surface area contributed by atoms with E-state index in [2.05, 4.69) is 108 Å². The van der Waals surface area contributed by atoms with E-state index in [-0.39, 0.29) is 0 Å². The molecule has 5 nitrogen and oxygen atoms in total. The Balaban J connectivity index is 1.17. The highest BCUT2D eigenvalue weighted by atomic mass is 16.3. The van der Waals surface area contributed by atoms with Crippen molar-refractivity contribution in [1.29, 1.82) is 5.26 Å². The number of aromatic nitrogens is 3. The van der Waals surface area contributed by atoms with Crippen molar-refractivity contribution in [3.63, 3.8) is 0 Å². The molecule has 0 fully saturated rings. The highest BCUT2D eigenvalue weighted by molar-refractivity contribution is 6.14. The van der Waals surface area contributed by atoms with Crippen molar-refractivity contribution in [3.05, 3.63) is 163 Å². The Kier molecular flexibility index (Phi) is 6.17. The zero-order valence-corrected chi connectivity index (χ0v) is 26.7. The molecule has 0 N–H and O–H groups in total. The minimum absolute atomic E-state index is 0.588. The first-order valence-corrected chi connectivity index (χ1v) is 16.6. The number of hydrogen-bond donors (Lipinski definition) is 0. The molecule has 0 amide bonds. The molecule has 0 saturated carbocycles. The molecule has 0 aliphatic carbocycles. The Bertz CT molecular complexity index is 3000. The summed E-state index contributed by atoms with van der Waals surface area (Å²) in [4.78, 5) is 10.2. The molecule has 0 aliphatic heterocycles. The molecule has 0 spiro atoms. The van der Waals surface area contributed by atoms with E-state index in [0.717, 1.165) is 66.5 Å². The number of furan rings is 1. The lowest BCUT2D eigenvalue weighted by molar-refractivity contribution is 0.669. The Morgan fingerprint density at radius 2 is 1.26 bits per heavy atom. The van der Waals surface area contributed by atoms with Gasteiger partial charge < -0.3 is 8.98 Å². The molecule has 232 valence electrons. The maximum Gasteiger partial charge on any atom is 0.161 e. The van der Waals surface area contributed by atoms with Crippen molar-refractivity contribution in [2.45, 2.75) is 0 Å². The lowest BCUT2D eigenvalue weighted by atomic mass is 9.99. The van der Waals surface area contributed by atoms with Gasteiger partial charge in [-0.2, -0.15) is 5.26 Å². The third-order valence-corrected chi connectivity index (χ3v) is 9.62. The Morgan fingerprint density at radius 1 is 0.520 bits per heavy atom. The van der Waals surface area contributed by atoms with E-state index in [0.29, 0.717) is 11.4 Å². The number of nitriles is 1. The first-order valence-electron chi connectivity index (χ1n) is 16.6. The molecule has 0 bridgehead atoms. The first-order chi connectivity index (χ1) is 24.7. The monoisotopic (exact) mass is 638 g/mol. The molecule has 7 aromatic carbocycles. The third kappa shape index (κ3) is 4.33. The molecule has 0 radical (unpaired) electrons. The highest BCUT2D eigenvalue weighted by Crippen LogP contribution is 2.40. The molecular formula is C45H26N4O. The smallest absolute Gasteiger partial charge is 0.161 e. The summed E-state index contributed by atoms with van der Waals surface area (Å²) in [6, 6.07) is 56.2. The van der Waals surface area contributed by atoms with Gasteiger partial charge in [0, 0.05) is 43.7 Å². The van der Waals surface area contributed by atoms with E-state index in [1.165, 1.54) is 21.8 Å². The number of hydrogen-bond acceptors (Lipinski definition) is 4. The maximum atomic E-state index is 9.61. The summed E-state index contributed by atoms with van der Waals surface area (Å²) in [7, 11) is 0. The normalized spacial score (nSPS) is 11.6. The zero-order valence-electron chi connectivity index (χ0n) is 26.7. The minimum Gasteiger partial charge on any atom is -0.456 e. The van der Waals surface area contributed by atoms with Crippen molar-refractivity contribution in [3.8, 4) is 45.5 Å². The van der Waals surface area contributed by atoms with Gasteiger partial charge in [-0.25, -0.2) is 9.97 Å². The van der Waals surface area contributed by atoms with Crippen LogP contribution in [-0.2, 0) is 0 Å². The predicted octanol–water partition coefficient (Wildman–Crippen LogP) is 11.5. The van der Waals surface area contributed by atoms with E-state index in [4.69, 9.17) is 14.4 Å². The van der Waals surface area contributed by atoms with Crippen LogP contribution in [0.15, 0.2) is 162 Å². The van der Waals surface area contributed by atoms with Crippen molar-refractivity contribution >= 4 is 54.6 Å². The van der Waals surface area contributed by atoms with Gasteiger partial charge in [-0.1, -0.05) is 91.0 Å². The summed E-state index contributed by atoms with van der Waals surface area (Å²) in [5.74, 6) is 0.606. The van der Waals surface area contributed by atoms with E-state index in [1.807, 2.05) is 60.7 Å². The van der Waals surface area contributed by atoms with Crippen LogP contribution in [0.3, 0.4) is 0 Å². The van der Waals surface area contributed by atoms with Crippen LogP contribution in [-0.4, -0.2) is 14.5 Å². The fraction of sp³-hybridized carbons (Fsp3) is 0. The van der Waals surface area contributed by atoms with Crippen LogP contribution >= 0.6 is 0 Å². The number of rotatable bonds is 4. The maximum absolute atomic E-state index is 9.61. The van der Waals surface area contributed by atoms with Crippen LogP contribution in [0.4, 0.5) is 0 Å². The van der Waals surface area contributed by atoms with Crippen molar-refractivity contribution in [2.75, 3.05) is 0 Å². The summed E-state index contributed by atoms with van der Waals surface area (Å²) < 4.78 is 8.76. The number of para-hydroxylation sites is 3. The molecule has 0 unspecified atom stereocenters. The first kappa shape index (κ1) is 28.0. The molecule has 0 saturated heterocycles. The van der Waals surface area contributed by atoms with Gasteiger partial charge in [-0.3, -0.25) is 0 Å². The Hall–Kier alpha value is -7.03. The summed E-state index contributed by atoms with van der Waals surface area (Å²) in [6.45, 7) is 0. The van der Waals surface area contributed by atoms with Crippen LogP contribution < -0.4 is 0 Å². The van der Waals surface area contributed by atoms with Crippen molar-refractivity contribution in [1.82, 2.24) is 14.5 Å². The highest BCUT2D eigenvalue weighted by Gasteiger charge is 2.19. The van der Waals surface area contributed by atoms with Gasteiger partial charge in [0.05, 0.1) is 33.9 Å². The molecule has 10 aromatic rings. The Morgan fingerprint density at radius 3 is 2.14 bits per heavy atom. The SMILES string of the molecule is N#Cc1cccc(-c2nc(-c3cccc4oc5ccc(-c6ccc7c(c6)c6ccccc6n7-c6ccccc6)cc5c34)nc3ccccc23)c1. The van der Waals surface area contributed by atoms with Gasteiger partial charge in [0.25, 0.3) is 0 Å². The zero-order chi connectivity index (χ0) is 33.2. The van der Waals surface area contributed by atoms with Gasteiger partial charge in [0.15, 0.2) is 5.82 Å². The quantitative estimate of drug-likeness (QED) is 0.192. The molecule has 50 heavy (non-hydrogen) atoms. The molecule has 3 aromatic heterocycles. The van der Waals surface area contributed by atoms with Crippen molar-refractivity contribution in [2.24, 2.45) is 0 Å². The average molecular weight is 639 g/mol. The second kappa shape index (κ2) is 11.0. The van der Waals surface area contributed by atoms with Gasteiger partial charge >= 0.3 is 0 Å². The van der Waals surface area contributed by atoms with Crippen LogP contribution in [0, 0.1) is 11.3 Å². The predicted molar refractivity (Wildman–Crippen MR) is 202 cm³/mol. The number of nitrogens with zero attached hydrogens (tertiary/aromatic N) is 4. The largest absolute Gasteiger partial charge is 0.456 e. The van der Waals surface area contributed by atoms with Gasteiger partial charge in [-0.05, 0) is 77.9 Å². The van der Waals surface area contributed by atoms with E-state index >= 15 is 0 Å². The number of benzene rings is 7. The fourth-order valence-corrected chi connectivity index (χ4v) is 7.35. The van der Waals surface area contributed by atoms with Crippen molar-refractivity contribution < 1.29 is 4.42 Å². The third-order valence-electron chi connectivity index (χ3n) is 9.62. The van der Waals surface area contributed by atoms with Gasteiger partial charge in [-0.15, -0.1) is 0 Å². The van der Waals surface area contributed by atoms with Gasteiger partial charge in [0.1, 0.15) is 11.2 Å². The second-order valence-electron chi connectivity index (χ2n) is 12.5. The lowest BCUT2D eigenvalue weighted by Crippen LogP contribution is -1.96. The van der Waals surface area contributed by atoms with Crippen LogP contribution in [0.25, 0.3) is 94.1 Å². The minimum atomic E-state index is 0.588. The fourth-order valence-electron chi connectivity index (χ4n) is 7.35. The summed E-state index contributed by atoms with van der Waals surface area (Å²) in [5.41, 5.74) is 11.3. The van der Waals surface area contributed by atoms with E-state index in [1.54, 1.807) is 0 Å². The van der Waals surface area contributed by atoms with Crippen LogP contribution in [0.1, 0.15) is 5.56 Å². The molecule has 10 rings (SSSR count). The van der Waals surface area contributed by atoms with E-state index in [9.17, 15) is 5.26 Å². The Labute approximate surface area is 286 Å². The van der Waals surface area contributed by atoms with E-state index < -0.39 is 0 Å². The molecule has 3 heterocycles. The standard InChI is InChI=1S/C45H26N4O/c46-27-28-10-8-11-31(24-28)44-34-15-4-6-17-38(34)47-45(48-44)35-16-9-19-42-43(35)37-26-30(21-23-41(37)50-42)29-20-22-40-36(25-29)33-14-5-7-18-39(33)49(40)32-12-2-1-3-13-32/h1-26H. The van der Waals surface area contributed by atoms with Crippen LogP contribution in [0.5, 0.6) is 0 Å². The van der Waals surface area contributed by atoms with Gasteiger partial charge in [0.2, 0.25) is 0 Å². The average Bonchev–Trinajstić information content (AvgIpc) is 3.73. The molecule has 5 heteroatoms. The summed E-state index contributed by atoms with van der Waals surface area (Å²) in [6.07, 6.45) is 0. The molecule has 0 atom stereocenters. The number of fused-ring (bicyclic) bond motifs is 7.